The molecule has 0 aliphatic carbocycles. The van der Waals surface area contributed by atoms with Crippen LogP contribution in [0, 0.1) is 5.82 Å². The first kappa shape index (κ1) is 13.2. The lowest BCUT2D eigenvalue weighted by Gasteiger charge is -2.09. The minimum atomic E-state index is -0.279. The fourth-order valence-electron chi connectivity index (χ4n) is 1.48. The average Bonchev–Trinajstić information content (AvgIpc) is 2.32. The quantitative estimate of drug-likeness (QED) is 0.809. The van der Waals surface area contributed by atoms with Crippen molar-refractivity contribution < 1.29 is 9.50 Å². The zero-order valence-corrected chi connectivity index (χ0v) is 11.6. The molecule has 0 saturated carbocycles. The second kappa shape index (κ2) is 5.59. The summed E-state index contributed by atoms with van der Waals surface area (Å²) in [4.78, 5) is 0. The zero-order chi connectivity index (χ0) is 13.1. The summed E-state index contributed by atoms with van der Waals surface area (Å²) in [5, 5.41) is 12.7. The number of hydrogen-bond donors (Lipinski definition) is 2. The van der Waals surface area contributed by atoms with Crippen molar-refractivity contribution in [2.24, 2.45) is 0 Å². The summed E-state index contributed by atoms with van der Waals surface area (Å²) in [5.74, 6) is -0.233. The lowest BCUT2D eigenvalue weighted by Crippen LogP contribution is -2.00. The highest BCUT2D eigenvalue weighted by atomic mass is 79.9. The summed E-state index contributed by atoms with van der Waals surface area (Å²) < 4.78 is 13.6. The van der Waals surface area contributed by atoms with E-state index in [0.717, 1.165) is 11.3 Å². The summed E-state index contributed by atoms with van der Waals surface area (Å²) in [6.45, 7) is 0.530. The van der Waals surface area contributed by atoms with Crippen molar-refractivity contribution in [2.75, 3.05) is 5.32 Å². The second-order valence-electron chi connectivity index (χ2n) is 3.76. The van der Waals surface area contributed by atoms with Crippen molar-refractivity contribution in [3.63, 3.8) is 0 Å². The number of nitrogens with one attached hydrogen (secondary N) is 1. The molecule has 0 aliphatic heterocycles. The van der Waals surface area contributed by atoms with E-state index in [0.29, 0.717) is 11.0 Å². The molecule has 2 N–H and O–H groups in total. The third-order valence-corrected chi connectivity index (χ3v) is 3.49. The molecule has 18 heavy (non-hydrogen) atoms. The minimum Gasteiger partial charge on any atom is -0.506 e. The molecule has 0 radical (unpaired) electrons. The van der Waals surface area contributed by atoms with Crippen LogP contribution in [0.2, 0.25) is 5.02 Å². The smallest absolute Gasteiger partial charge is 0.134 e. The summed E-state index contributed by atoms with van der Waals surface area (Å²) in [7, 11) is 0. The first-order chi connectivity index (χ1) is 8.56. The first-order valence-electron chi connectivity index (χ1n) is 5.22. The van der Waals surface area contributed by atoms with Crippen LogP contribution in [0.25, 0.3) is 0 Å². The van der Waals surface area contributed by atoms with Crippen LogP contribution in [0.1, 0.15) is 5.56 Å². The third kappa shape index (κ3) is 3.15. The van der Waals surface area contributed by atoms with Gasteiger partial charge in [-0.15, -0.1) is 0 Å². The molecule has 2 aromatic rings. The van der Waals surface area contributed by atoms with Crippen LogP contribution in [-0.4, -0.2) is 5.11 Å². The minimum absolute atomic E-state index is 0.0465. The molecule has 0 bridgehead atoms. The van der Waals surface area contributed by atoms with Crippen molar-refractivity contribution in [1.82, 2.24) is 0 Å². The van der Waals surface area contributed by atoms with Gasteiger partial charge in [0.25, 0.3) is 0 Å². The predicted molar refractivity (Wildman–Crippen MR) is 74.5 cm³/mol. The molecular formula is C13H10BrClFNO. The van der Waals surface area contributed by atoms with Crippen LogP contribution < -0.4 is 5.32 Å². The van der Waals surface area contributed by atoms with Crippen LogP contribution in [0.15, 0.2) is 40.9 Å². The number of rotatable bonds is 3. The molecule has 94 valence electrons. The molecule has 5 heteroatoms. The Morgan fingerprint density at radius 3 is 2.67 bits per heavy atom. The topological polar surface area (TPSA) is 32.3 Å². The van der Waals surface area contributed by atoms with E-state index in [1.807, 2.05) is 0 Å². The molecule has 0 amide bonds. The van der Waals surface area contributed by atoms with Crippen LogP contribution >= 0.6 is 27.5 Å². The monoisotopic (exact) mass is 329 g/mol. The molecule has 0 aliphatic rings. The average molecular weight is 331 g/mol. The van der Waals surface area contributed by atoms with Crippen molar-refractivity contribution >= 4 is 33.2 Å². The van der Waals surface area contributed by atoms with Gasteiger partial charge in [-0.3, -0.25) is 0 Å². The highest BCUT2D eigenvalue weighted by Crippen LogP contribution is 2.27. The van der Waals surface area contributed by atoms with Crippen molar-refractivity contribution in [3.05, 3.63) is 57.3 Å². The molecule has 0 saturated heterocycles. The van der Waals surface area contributed by atoms with E-state index >= 15 is 0 Å². The van der Waals surface area contributed by atoms with Gasteiger partial charge >= 0.3 is 0 Å². The highest BCUT2D eigenvalue weighted by molar-refractivity contribution is 9.10. The number of hydrogen-bond acceptors (Lipinski definition) is 2. The molecule has 0 spiro atoms. The lowest BCUT2D eigenvalue weighted by molar-refractivity contribution is 0.475. The van der Waals surface area contributed by atoms with Gasteiger partial charge in [-0.05, 0) is 35.9 Å². The molecule has 0 fully saturated rings. The third-order valence-electron chi connectivity index (χ3n) is 2.45. The predicted octanol–water partition coefficient (Wildman–Crippen LogP) is 4.56. The Morgan fingerprint density at radius 2 is 2.00 bits per heavy atom. The zero-order valence-electron chi connectivity index (χ0n) is 9.25. The molecule has 0 atom stereocenters. The molecule has 2 aromatic carbocycles. The van der Waals surface area contributed by atoms with Crippen LogP contribution in [0.4, 0.5) is 10.1 Å². The fraction of sp³-hybridized carbons (Fsp3) is 0.0769. The van der Waals surface area contributed by atoms with Gasteiger partial charge < -0.3 is 10.4 Å². The van der Waals surface area contributed by atoms with Crippen LogP contribution in [0.3, 0.4) is 0 Å². The Morgan fingerprint density at radius 1 is 1.22 bits per heavy atom. The summed E-state index contributed by atoms with van der Waals surface area (Å²) in [6, 6.07) is 9.40. The van der Waals surface area contributed by atoms with Crippen molar-refractivity contribution in [2.45, 2.75) is 6.54 Å². The van der Waals surface area contributed by atoms with Gasteiger partial charge in [-0.1, -0.05) is 33.6 Å². The lowest BCUT2D eigenvalue weighted by atomic mass is 10.2. The highest BCUT2D eigenvalue weighted by Gasteiger charge is 2.03. The van der Waals surface area contributed by atoms with Crippen molar-refractivity contribution in [3.8, 4) is 5.75 Å². The number of phenols is 1. The maximum absolute atomic E-state index is 12.9. The van der Waals surface area contributed by atoms with E-state index in [2.05, 4.69) is 21.2 Å². The van der Waals surface area contributed by atoms with Crippen LogP contribution in [0.5, 0.6) is 5.75 Å². The van der Waals surface area contributed by atoms with Gasteiger partial charge in [0.1, 0.15) is 11.6 Å². The van der Waals surface area contributed by atoms with E-state index in [-0.39, 0.29) is 16.6 Å². The number of phenolic OH excluding ortho intramolecular Hbond substituents is 1. The van der Waals surface area contributed by atoms with Gasteiger partial charge in [-0.2, -0.15) is 0 Å². The fourth-order valence-corrected chi connectivity index (χ4v) is 2.15. The number of halogens is 3. The standard InChI is InChI=1S/C13H10BrClFNO/c14-11-5-9(16)2-1-8(11)7-17-10-3-4-13(18)12(15)6-10/h1-6,17-18H,7H2. The molecule has 2 rings (SSSR count). The Labute approximate surface area is 118 Å². The van der Waals surface area contributed by atoms with E-state index in [1.54, 1.807) is 18.2 Å². The van der Waals surface area contributed by atoms with Gasteiger partial charge in [0.05, 0.1) is 5.02 Å². The molecule has 0 aromatic heterocycles. The Kier molecular flexibility index (Phi) is 4.09. The summed E-state index contributed by atoms with van der Waals surface area (Å²) in [6.07, 6.45) is 0. The number of benzene rings is 2. The molecular weight excluding hydrogens is 321 g/mol. The van der Waals surface area contributed by atoms with Gasteiger partial charge in [-0.25, -0.2) is 4.39 Å². The summed E-state index contributed by atoms with van der Waals surface area (Å²) >= 11 is 9.10. The summed E-state index contributed by atoms with van der Waals surface area (Å²) in [5.41, 5.74) is 1.72. The molecule has 0 heterocycles. The molecule has 0 unspecified atom stereocenters. The van der Waals surface area contributed by atoms with Gasteiger partial charge in [0.2, 0.25) is 0 Å². The Bertz CT molecular complexity index is 577. The maximum atomic E-state index is 12.9. The van der Waals surface area contributed by atoms with Crippen LogP contribution in [-0.2, 0) is 6.54 Å². The van der Waals surface area contributed by atoms with E-state index in [1.165, 1.54) is 18.2 Å². The van der Waals surface area contributed by atoms with E-state index in [4.69, 9.17) is 11.6 Å². The first-order valence-corrected chi connectivity index (χ1v) is 6.39. The normalized spacial score (nSPS) is 10.4. The number of aromatic hydroxyl groups is 1. The Hall–Kier alpha value is -1.26. The Balaban J connectivity index is 2.09. The van der Waals surface area contributed by atoms with Crippen molar-refractivity contribution in [1.29, 1.82) is 0 Å². The van der Waals surface area contributed by atoms with E-state index < -0.39 is 0 Å². The van der Waals surface area contributed by atoms with Gasteiger partial charge in [0.15, 0.2) is 0 Å². The SMILES string of the molecule is Oc1ccc(NCc2ccc(F)cc2Br)cc1Cl. The van der Waals surface area contributed by atoms with E-state index in [9.17, 15) is 9.50 Å². The largest absolute Gasteiger partial charge is 0.506 e. The van der Waals surface area contributed by atoms with Gasteiger partial charge in [0, 0.05) is 16.7 Å². The molecule has 2 nitrogen and oxygen atoms in total. The number of anilines is 1. The maximum Gasteiger partial charge on any atom is 0.134 e. The second-order valence-corrected chi connectivity index (χ2v) is 5.02.